The number of nitrogens with zero attached hydrogens (tertiary/aromatic N) is 3. The molecule has 2 aromatic rings. The van der Waals surface area contributed by atoms with Crippen molar-refractivity contribution in [2.45, 2.75) is 27.1 Å². The first-order valence-electron chi connectivity index (χ1n) is 8.65. The van der Waals surface area contributed by atoms with Crippen LogP contribution in [0.1, 0.15) is 34.1 Å². The van der Waals surface area contributed by atoms with Crippen LogP contribution in [0.5, 0.6) is 5.75 Å². The summed E-state index contributed by atoms with van der Waals surface area (Å²) >= 11 is 11.6. The van der Waals surface area contributed by atoms with Crippen LogP contribution in [0.3, 0.4) is 0 Å². The molecule has 0 unspecified atom stereocenters. The van der Waals surface area contributed by atoms with Gasteiger partial charge < -0.3 is 14.0 Å². The number of benzene rings is 1. The van der Waals surface area contributed by atoms with Gasteiger partial charge in [0.2, 0.25) is 0 Å². The van der Waals surface area contributed by atoms with Crippen LogP contribution in [-0.2, 0) is 18.0 Å². The highest BCUT2D eigenvalue weighted by atomic mass is 35.5. The number of halogens is 1. The summed E-state index contributed by atoms with van der Waals surface area (Å²) in [7, 11) is 3.51. The van der Waals surface area contributed by atoms with Gasteiger partial charge in [0.05, 0.1) is 31.5 Å². The molecule has 0 atom stereocenters. The number of hydrogen-bond donors (Lipinski definition) is 0. The van der Waals surface area contributed by atoms with Crippen molar-refractivity contribution in [3.8, 4) is 11.8 Å². The highest BCUT2D eigenvalue weighted by Gasteiger charge is 2.18. The third-order valence-corrected chi connectivity index (χ3v) is 4.92. The van der Waals surface area contributed by atoms with E-state index in [0.29, 0.717) is 34.1 Å². The molecule has 28 heavy (non-hydrogen) atoms. The minimum Gasteiger partial charge on any atom is -0.496 e. The number of aromatic nitrogens is 1. The topological polar surface area (TPSA) is 67.5 Å². The Morgan fingerprint density at radius 2 is 2.11 bits per heavy atom. The van der Waals surface area contributed by atoms with Gasteiger partial charge >= 0.3 is 5.97 Å². The summed E-state index contributed by atoms with van der Waals surface area (Å²) in [5, 5.41) is 10.0. The predicted octanol–water partition coefficient (Wildman–Crippen LogP) is 4.33. The smallest absolute Gasteiger partial charge is 0.339 e. The van der Waals surface area contributed by atoms with Crippen molar-refractivity contribution in [3.05, 3.63) is 56.3 Å². The minimum absolute atomic E-state index is 0.254. The number of pyridine rings is 1. The van der Waals surface area contributed by atoms with Crippen LogP contribution in [0.4, 0.5) is 0 Å². The molecular weight excluding hydrogens is 398 g/mol. The van der Waals surface area contributed by atoms with E-state index in [1.165, 1.54) is 6.07 Å². The van der Waals surface area contributed by atoms with Gasteiger partial charge in [-0.1, -0.05) is 23.8 Å². The van der Waals surface area contributed by atoms with E-state index in [4.69, 9.17) is 33.3 Å². The van der Waals surface area contributed by atoms with Gasteiger partial charge in [-0.25, -0.2) is 4.79 Å². The fourth-order valence-corrected chi connectivity index (χ4v) is 3.37. The predicted molar refractivity (Wildman–Crippen MR) is 110 cm³/mol. The lowest BCUT2D eigenvalue weighted by atomic mass is 10.1. The van der Waals surface area contributed by atoms with E-state index >= 15 is 0 Å². The Morgan fingerprint density at radius 1 is 1.39 bits per heavy atom. The van der Waals surface area contributed by atoms with Crippen molar-refractivity contribution in [1.29, 1.82) is 5.26 Å². The van der Waals surface area contributed by atoms with E-state index in [1.54, 1.807) is 31.6 Å². The summed E-state index contributed by atoms with van der Waals surface area (Å²) in [5.41, 5.74) is 2.16. The van der Waals surface area contributed by atoms with Gasteiger partial charge in [-0.05, 0) is 45.2 Å². The third kappa shape index (κ3) is 4.90. The lowest BCUT2D eigenvalue weighted by Crippen LogP contribution is -2.25. The maximum Gasteiger partial charge on any atom is 0.339 e. The Balaban J connectivity index is 2.39. The quantitative estimate of drug-likeness (QED) is 0.491. The van der Waals surface area contributed by atoms with E-state index in [-0.39, 0.29) is 12.2 Å². The number of hydrogen-bond acceptors (Lipinski definition) is 6. The molecule has 0 bridgehead atoms. The zero-order chi connectivity index (χ0) is 20.8. The monoisotopic (exact) mass is 419 g/mol. The molecule has 0 N–H and O–H groups in total. The summed E-state index contributed by atoms with van der Waals surface area (Å²) in [6, 6.07) is 8.99. The van der Waals surface area contributed by atoms with Crippen LogP contribution in [0, 0.1) is 22.9 Å². The van der Waals surface area contributed by atoms with Gasteiger partial charge in [0.15, 0.2) is 0 Å². The summed E-state index contributed by atoms with van der Waals surface area (Å²) in [4.78, 5) is 14.3. The minimum atomic E-state index is -0.473. The van der Waals surface area contributed by atoms with Crippen LogP contribution in [0.2, 0.25) is 5.02 Å². The Labute approximate surface area is 174 Å². The van der Waals surface area contributed by atoms with E-state index in [2.05, 4.69) is 6.07 Å². The molecule has 0 radical (unpaired) electrons. The van der Waals surface area contributed by atoms with Gasteiger partial charge in [-0.3, -0.25) is 4.90 Å². The SMILES string of the molecule is CCOC(=O)c1cc(C#N)c(=S)n(CN(C)Cc2cc(Cl)ccc2OC)c1C. The summed E-state index contributed by atoms with van der Waals surface area (Å²) in [5.74, 6) is 0.258. The summed E-state index contributed by atoms with van der Waals surface area (Å²) < 4.78 is 12.6. The van der Waals surface area contributed by atoms with Crippen molar-refractivity contribution in [2.75, 3.05) is 20.8 Å². The first-order chi connectivity index (χ1) is 13.3. The molecule has 0 fully saturated rings. The van der Waals surface area contributed by atoms with E-state index < -0.39 is 5.97 Å². The number of ether oxygens (including phenoxy) is 2. The van der Waals surface area contributed by atoms with E-state index in [1.807, 2.05) is 24.1 Å². The molecule has 1 aromatic carbocycles. The number of methoxy groups -OCH3 is 1. The number of nitriles is 1. The second kappa shape index (κ2) is 9.69. The molecule has 0 saturated heterocycles. The molecular formula is C20H22ClN3O3S. The first-order valence-corrected chi connectivity index (χ1v) is 9.43. The van der Waals surface area contributed by atoms with E-state index in [0.717, 1.165) is 11.3 Å². The Hall–Kier alpha value is -2.40. The maximum atomic E-state index is 12.3. The third-order valence-electron chi connectivity index (χ3n) is 4.24. The van der Waals surface area contributed by atoms with Crippen LogP contribution >= 0.6 is 23.8 Å². The highest BCUT2D eigenvalue weighted by molar-refractivity contribution is 7.71. The van der Waals surface area contributed by atoms with Gasteiger partial charge in [0, 0.05) is 22.8 Å². The molecule has 1 heterocycles. The fourth-order valence-electron chi connectivity index (χ4n) is 2.87. The van der Waals surface area contributed by atoms with Crippen LogP contribution in [0.25, 0.3) is 0 Å². The lowest BCUT2D eigenvalue weighted by molar-refractivity contribution is 0.0523. The molecule has 6 nitrogen and oxygen atoms in total. The Kier molecular flexibility index (Phi) is 7.58. The van der Waals surface area contributed by atoms with Gasteiger partial charge in [0.25, 0.3) is 0 Å². The van der Waals surface area contributed by atoms with Crippen LogP contribution in [0.15, 0.2) is 24.3 Å². The molecule has 2 rings (SSSR count). The molecule has 0 spiro atoms. The first kappa shape index (κ1) is 21.9. The molecule has 0 saturated carbocycles. The normalized spacial score (nSPS) is 10.6. The molecule has 0 aliphatic heterocycles. The average Bonchev–Trinajstić information content (AvgIpc) is 2.65. The zero-order valence-electron chi connectivity index (χ0n) is 16.3. The molecule has 148 valence electrons. The number of esters is 1. The molecule has 1 aromatic heterocycles. The average molecular weight is 420 g/mol. The standard InChI is InChI=1S/C20H22ClN3O3S/c1-5-27-20(25)17-9-14(10-22)19(28)24(13(17)2)12-23(3)11-15-8-16(21)6-7-18(15)26-4/h6-9H,5,11-12H2,1-4H3. The van der Waals surface area contributed by atoms with Gasteiger partial charge in [-0.15, -0.1) is 0 Å². The number of carbonyl (C=O) groups excluding carboxylic acids is 1. The largest absolute Gasteiger partial charge is 0.496 e. The second-order valence-electron chi connectivity index (χ2n) is 6.23. The zero-order valence-corrected chi connectivity index (χ0v) is 17.9. The highest BCUT2D eigenvalue weighted by Crippen LogP contribution is 2.24. The molecule has 0 amide bonds. The van der Waals surface area contributed by atoms with Crippen molar-refractivity contribution in [2.24, 2.45) is 0 Å². The molecule has 0 aliphatic rings. The van der Waals surface area contributed by atoms with Crippen molar-refractivity contribution < 1.29 is 14.3 Å². The van der Waals surface area contributed by atoms with E-state index in [9.17, 15) is 10.1 Å². The van der Waals surface area contributed by atoms with Crippen LogP contribution in [-0.4, -0.2) is 36.2 Å². The fraction of sp³-hybridized carbons (Fsp3) is 0.350. The van der Waals surface area contributed by atoms with Crippen molar-refractivity contribution >= 4 is 29.8 Å². The lowest BCUT2D eigenvalue weighted by Gasteiger charge is -2.23. The van der Waals surface area contributed by atoms with Gasteiger partial charge in [-0.2, -0.15) is 5.26 Å². The summed E-state index contributed by atoms with van der Waals surface area (Å²) in [6.45, 7) is 4.69. The van der Waals surface area contributed by atoms with Crippen molar-refractivity contribution in [3.63, 3.8) is 0 Å². The number of rotatable bonds is 7. The molecule has 0 aliphatic carbocycles. The van der Waals surface area contributed by atoms with Crippen molar-refractivity contribution in [1.82, 2.24) is 9.47 Å². The second-order valence-corrected chi connectivity index (χ2v) is 7.06. The summed E-state index contributed by atoms with van der Waals surface area (Å²) in [6.07, 6.45) is 0. The molecule has 8 heteroatoms. The van der Waals surface area contributed by atoms with Crippen LogP contribution < -0.4 is 4.74 Å². The Morgan fingerprint density at radius 3 is 2.71 bits per heavy atom. The maximum absolute atomic E-state index is 12.3. The number of carbonyl (C=O) groups is 1. The van der Waals surface area contributed by atoms with Gasteiger partial charge in [0.1, 0.15) is 16.5 Å². The Bertz CT molecular complexity index is 982.